The Labute approximate surface area is 101 Å². The van der Waals surface area contributed by atoms with Crippen molar-refractivity contribution in [2.24, 2.45) is 5.73 Å². The summed E-state index contributed by atoms with van der Waals surface area (Å²) in [5.41, 5.74) is 6.10. The van der Waals surface area contributed by atoms with E-state index in [0.29, 0.717) is 5.69 Å². The zero-order chi connectivity index (χ0) is 13.2. The molecule has 1 rings (SSSR count). The van der Waals surface area contributed by atoms with Crippen molar-refractivity contribution in [1.82, 2.24) is 0 Å². The number of nitrogens with two attached hydrogens (primary N) is 1. The molecule has 0 aliphatic heterocycles. The van der Waals surface area contributed by atoms with E-state index in [1.807, 2.05) is 0 Å². The van der Waals surface area contributed by atoms with Gasteiger partial charge in [0.05, 0.1) is 10.9 Å². The summed E-state index contributed by atoms with van der Waals surface area (Å²) < 4.78 is 22.5. The zero-order valence-corrected chi connectivity index (χ0v) is 10.9. The van der Waals surface area contributed by atoms with Crippen LogP contribution in [0.5, 0.6) is 0 Å². The molecule has 1 unspecified atom stereocenters. The largest absolute Gasteiger partial charge is 0.320 e. The molecule has 1 amide bonds. The van der Waals surface area contributed by atoms with E-state index >= 15 is 0 Å². The molecule has 17 heavy (non-hydrogen) atoms. The van der Waals surface area contributed by atoms with E-state index in [2.05, 4.69) is 0 Å². The van der Waals surface area contributed by atoms with Gasteiger partial charge in [-0.25, -0.2) is 8.42 Å². The highest BCUT2D eigenvalue weighted by Gasteiger charge is 2.15. The summed E-state index contributed by atoms with van der Waals surface area (Å²) in [5, 5.41) is 0. The lowest BCUT2D eigenvalue weighted by Crippen LogP contribution is -2.39. The van der Waals surface area contributed by atoms with Crippen LogP contribution in [-0.4, -0.2) is 33.7 Å². The number of anilines is 1. The van der Waals surface area contributed by atoms with Gasteiger partial charge in [-0.15, -0.1) is 0 Å². The molecule has 0 saturated carbocycles. The third-order valence-electron chi connectivity index (χ3n) is 2.37. The lowest BCUT2D eigenvalue weighted by Gasteiger charge is -2.19. The molecular formula is C11H16N2O3S. The summed E-state index contributed by atoms with van der Waals surface area (Å²) in [5.74, 6) is -0.225. The van der Waals surface area contributed by atoms with E-state index in [9.17, 15) is 13.2 Å². The Morgan fingerprint density at radius 3 is 2.12 bits per heavy atom. The van der Waals surface area contributed by atoms with Gasteiger partial charge in [0, 0.05) is 19.0 Å². The molecule has 0 fully saturated rings. The molecule has 0 radical (unpaired) electrons. The van der Waals surface area contributed by atoms with Crippen LogP contribution < -0.4 is 10.6 Å². The molecule has 1 aromatic rings. The summed E-state index contributed by atoms with van der Waals surface area (Å²) in [6.07, 6.45) is 1.14. The van der Waals surface area contributed by atoms with Crippen molar-refractivity contribution in [1.29, 1.82) is 0 Å². The van der Waals surface area contributed by atoms with Crippen molar-refractivity contribution in [2.75, 3.05) is 18.2 Å². The molecule has 6 heteroatoms. The first-order valence-electron chi connectivity index (χ1n) is 5.06. The second-order valence-electron chi connectivity index (χ2n) is 3.95. The third kappa shape index (κ3) is 3.28. The van der Waals surface area contributed by atoms with Crippen LogP contribution >= 0.6 is 0 Å². The molecule has 0 spiro atoms. The predicted molar refractivity (Wildman–Crippen MR) is 66.6 cm³/mol. The molecule has 1 atom stereocenters. The number of nitrogens with zero attached hydrogens (tertiary/aromatic N) is 1. The molecule has 0 aliphatic rings. The quantitative estimate of drug-likeness (QED) is 0.849. The Morgan fingerprint density at radius 2 is 1.76 bits per heavy atom. The van der Waals surface area contributed by atoms with E-state index in [1.165, 1.54) is 17.0 Å². The van der Waals surface area contributed by atoms with Gasteiger partial charge in [0.15, 0.2) is 9.84 Å². The van der Waals surface area contributed by atoms with Crippen LogP contribution in [0.1, 0.15) is 6.92 Å². The molecule has 0 saturated heterocycles. The highest BCUT2D eigenvalue weighted by molar-refractivity contribution is 7.90. The van der Waals surface area contributed by atoms with Crippen molar-refractivity contribution < 1.29 is 13.2 Å². The Bertz CT molecular complexity index is 506. The van der Waals surface area contributed by atoms with Crippen LogP contribution in [0.2, 0.25) is 0 Å². The Balaban J connectivity index is 3.00. The van der Waals surface area contributed by atoms with E-state index in [1.54, 1.807) is 26.1 Å². The molecule has 94 valence electrons. The molecule has 0 aromatic heterocycles. The highest BCUT2D eigenvalue weighted by atomic mass is 32.2. The Morgan fingerprint density at radius 1 is 1.29 bits per heavy atom. The molecule has 0 heterocycles. The summed E-state index contributed by atoms with van der Waals surface area (Å²) in [6, 6.07) is 5.51. The summed E-state index contributed by atoms with van der Waals surface area (Å²) >= 11 is 0. The molecule has 1 aromatic carbocycles. The normalized spacial score (nSPS) is 13.2. The van der Waals surface area contributed by atoms with Crippen LogP contribution in [0.3, 0.4) is 0 Å². The maximum absolute atomic E-state index is 11.6. The number of carbonyl (C=O) groups is 1. The number of hydrogen-bond donors (Lipinski definition) is 1. The number of rotatable bonds is 3. The average Bonchev–Trinajstić information content (AvgIpc) is 2.26. The minimum Gasteiger partial charge on any atom is -0.320 e. The van der Waals surface area contributed by atoms with Gasteiger partial charge in [-0.1, -0.05) is 0 Å². The van der Waals surface area contributed by atoms with Crippen molar-refractivity contribution in [2.45, 2.75) is 17.9 Å². The van der Waals surface area contributed by atoms with Gasteiger partial charge in [0.25, 0.3) is 0 Å². The SMILES string of the molecule is CC(N)C(=O)N(C)c1ccc(S(C)(=O)=O)cc1. The van der Waals surface area contributed by atoms with Gasteiger partial charge >= 0.3 is 0 Å². The monoisotopic (exact) mass is 256 g/mol. The van der Waals surface area contributed by atoms with Gasteiger partial charge in [-0.05, 0) is 31.2 Å². The number of sulfone groups is 1. The highest BCUT2D eigenvalue weighted by Crippen LogP contribution is 2.17. The van der Waals surface area contributed by atoms with Gasteiger partial charge in [-0.2, -0.15) is 0 Å². The maximum atomic E-state index is 11.6. The van der Waals surface area contributed by atoms with E-state index in [0.717, 1.165) is 6.26 Å². The third-order valence-corrected chi connectivity index (χ3v) is 3.50. The lowest BCUT2D eigenvalue weighted by atomic mass is 10.2. The smallest absolute Gasteiger partial charge is 0.243 e. The minimum absolute atomic E-state index is 0.225. The molecule has 5 nitrogen and oxygen atoms in total. The first kappa shape index (κ1) is 13.7. The van der Waals surface area contributed by atoms with Gasteiger partial charge in [0.2, 0.25) is 5.91 Å². The fraction of sp³-hybridized carbons (Fsp3) is 0.364. The lowest BCUT2D eigenvalue weighted by molar-refractivity contribution is -0.119. The van der Waals surface area contributed by atoms with E-state index in [-0.39, 0.29) is 10.8 Å². The Kier molecular flexibility index (Phi) is 3.90. The topological polar surface area (TPSA) is 80.5 Å². The summed E-state index contributed by atoms with van der Waals surface area (Å²) in [4.78, 5) is 13.2. The second kappa shape index (κ2) is 4.85. The number of hydrogen-bond acceptors (Lipinski definition) is 4. The average molecular weight is 256 g/mol. The summed E-state index contributed by atoms with van der Waals surface area (Å²) in [7, 11) is -1.61. The van der Waals surface area contributed by atoms with Crippen molar-refractivity contribution in [3.8, 4) is 0 Å². The first-order chi connectivity index (χ1) is 7.73. The minimum atomic E-state index is -3.21. The number of likely N-dealkylation sites (N-methyl/N-ethyl adjacent to an activating group) is 1. The van der Waals surface area contributed by atoms with Gasteiger partial charge < -0.3 is 10.6 Å². The molecular weight excluding hydrogens is 240 g/mol. The van der Waals surface area contributed by atoms with Crippen LogP contribution in [0, 0.1) is 0 Å². The number of carbonyl (C=O) groups excluding carboxylic acids is 1. The molecule has 0 aliphatic carbocycles. The van der Waals surface area contributed by atoms with Crippen LogP contribution in [0.4, 0.5) is 5.69 Å². The first-order valence-corrected chi connectivity index (χ1v) is 6.96. The molecule has 0 bridgehead atoms. The van der Waals surface area contributed by atoms with E-state index < -0.39 is 15.9 Å². The van der Waals surface area contributed by atoms with Crippen LogP contribution in [-0.2, 0) is 14.6 Å². The fourth-order valence-electron chi connectivity index (χ4n) is 1.35. The maximum Gasteiger partial charge on any atom is 0.243 e. The Hall–Kier alpha value is -1.40. The van der Waals surface area contributed by atoms with Gasteiger partial charge in [-0.3, -0.25) is 4.79 Å². The standard InChI is InChI=1S/C11H16N2O3S/c1-8(12)11(14)13(2)9-4-6-10(7-5-9)17(3,15)16/h4-8H,12H2,1-3H3. The number of benzene rings is 1. The van der Waals surface area contributed by atoms with Crippen LogP contribution in [0.25, 0.3) is 0 Å². The predicted octanol–water partition coefficient (Wildman–Crippen LogP) is 0.400. The van der Waals surface area contributed by atoms with Crippen molar-refractivity contribution in [3.05, 3.63) is 24.3 Å². The fourth-order valence-corrected chi connectivity index (χ4v) is 1.98. The second-order valence-corrected chi connectivity index (χ2v) is 5.97. The summed E-state index contributed by atoms with van der Waals surface area (Å²) in [6.45, 7) is 1.60. The van der Waals surface area contributed by atoms with E-state index in [4.69, 9.17) is 5.73 Å². The van der Waals surface area contributed by atoms with Crippen molar-refractivity contribution >= 4 is 21.4 Å². The number of amides is 1. The van der Waals surface area contributed by atoms with Gasteiger partial charge in [0.1, 0.15) is 0 Å². The zero-order valence-electron chi connectivity index (χ0n) is 10.0. The molecule has 2 N–H and O–H groups in total. The van der Waals surface area contributed by atoms with Crippen molar-refractivity contribution in [3.63, 3.8) is 0 Å². The van der Waals surface area contributed by atoms with Crippen LogP contribution in [0.15, 0.2) is 29.2 Å².